The third-order valence-electron chi connectivity index (χ3n) is 1.42. The lowest BCUT2D eigenvalue weighted by molar-refractivity contribution is 0.314. The molecule has 0 atom stereocenters. The highest BCUT2D eigenvalue weighted by Crippen LogP contribution is 2.04. The van der Waals surface area contributed by atoms with Gasteiger partial charge in [-0.2, -0.15) is 0 Å². The molecule has 0 unspecified atom stereocenters. The predicted molar refractivity (Wildman–Crippen MR) is 47.1 cm³/mol. The molecule has 0 aliphatic carbocycles. The Hall–Kier alpha value is -1.64. The van der Waals surface area contributed by atoms with Crippen molar-refractivity contribution in [2.75, 3.05) is 6.61 Å². The molecule has 0 aromatic heterocycles. The van der Waals surface area contributed by atoms with Gasteiger partial charge in [-0.1, -0.05) is 18.2 Å². The van der Waals surface area contributed by atoms with Crippen LogP contribution in [0.25, 0.3) is 6.08 Å². The summed E-state index contributed by atoms with van der Waals surface area (Å²) in [6.07, 6.45) is 3.38. The van der Waals surface area contributed by atoms with Gasteiger partial charge >= 0.3 is 6.47 Å². The first-order valence-corrected chi connectivity index (χ1v) is 3.74. The van der Waals surface area contributed by atoms with E-state index >= 15 is 0 Å². The van der Waals surface area contributed by atoms with Crippen LogP contribution in [0.3, 0.4) is 0 Å². The molecule has 0 fully saturated rings. The molecule has 1 radical (unpaired) electrons. The van der Waals surface area contributed by atoms with Crippen LogP contribution < -0.4 is 0 Å². The Morgan fingerprint density at radius 2 is 2.08 bits per heavy atom. The van der Waals surface area contributed by atoms with E-state index in [-0.39, 0.29) is 12.4 Å². The molecule has 0 bridgehead atoms. The molecule has 0 N–H and O–H groups in total. The second kappa shape index (κ2) is 5.09. The van der Waals surface area contributed by atoms with Crippen molar-refractivity contribution in [2.45, 2.75) is 0 Å². The minimum atomic E-state index is -0.269. The van der Waals surface area contributed by atoms with Gasteiger partial charge in [0.25, 0.3) is 0 Å². The Kier molecular flexibility index (Phi) is 3.70. The summed E-state index contributed by atoms with van der Waals surface area (Å²) in [5, 5.41) is 0. The number of carbonyl (C=O) groups excluding carboxylic acids is 1. The average molecular weight is 179 g/mol. The zero-order chi connectivity index (χ0) is 9.52. The highest BCUT2D eigenvalue weighted by molar-refractivity contribution is 5.49. The molecule has 0 amide bonds. The Morgan fingerprint density at radius 1 is 1.38 bits per heavy atom. The van der Waals surface area contributed by atoms with Crippen LogP contribution >= 0.6 is 0 Å². The van der Waals surface area contributed by atoms with Gasteiger partial charge in [0, 0.05) is 0 Å². The lowest BCUT2D eigenvalue weighted by atomic mass is 10.2. The minimum absolute atomic E-state index is 0.181. The summed E-state index contributed by atoms with van der Waals surface area (Å²) in [5.74, 6) is -0.269. The van der Waals surface area contributed by atoms with Gasteiger partial charge in [0.15, 0.2) is 0 Å². The number of halogens is 1. The molecule has 0 aliphatic rings. The van der Waals surface area contributed by atoms with Crippen LogP contribution in [-0.4, -0.2) is 13.1 Å². The molecule has 1 aromatic rings. The Morgan fingerprint density at radius 3 is 2.69 bits per heavy atom. The van der Waals surface area contributed by atoms with E-state index in [0.29, 0.717) is 0 Å². The number of benzene rings is 1. The molecule has 0 saturated heterocycles. The van der Waals surface area contributed by atoms with Crippen molar-refractivity contribution in [1.29, 1.82) is 0 Å². The number of hydrogen-bond donors (Lipinski definition) is 0. The zero-order valence-electron chi connectivity index (χ0n) is 6.87. The maximum absolute atomic E-state index is 12.4. The van der Waals surface area contributed by atoms with Gasteiger partial charge in [0.1, 0.15) is 12.4 Å². The van der Waals surface area contributed by atoms with Crippen molar-refractivity contribution >= 4 is 12.5 Å². The van der Waals surface area contributed by atoms with Crippen molar-refractivity contribution in [1.82, 2.24) is 0 Å². The quantitative estimate of drug-likeness (QED) is 0.660. The van der Waals surface area contributed by atoms with Gasteiger partial charge in [-0.05, 0) is 23.8 Å². The molecule has 0 spiro atoms. The predicted octanol–water partition coefficient (Wildman–Crippen LogP) is 1.92. The van der Waals surface area contributed by atoms with Crippen LogP contribution in [-0.2, 0) is 9.53 Å². The van der Waals surface area contributed by atoms with E-state index < -0.39 is 0 Å². The van der Waals surface area contributed by atoms with Crippen LogP contribution in [0.5, 0.6) is 0 Å². The lowest BCUT2D eigenvalue weighted by Gasteiger charge is -1.92. The topological polar surface area (TPSA) is 26.3 Å². The molecular weight excluding hydrogens is 171 g/mol. The largest absolute Gasteiger partial charge is 0.453 e. The van der Waals surface area contributed by atoms with Crippen LogP contribution in [0.15, 0.2) is 30.3 Å². The second-order valence-electron chi connectivity index (χ2n) is 2.35. The van der Waals surface area contributed by atoms with E-state index in [9.17, 15) is 9.18 Å². The summed E-state index contributed by atoms with van der Waals surface area (Å²) in [4.78, 5) is 9.63. The molecule has 3 heteroatoms. The van der Waals surface area contributed by atoms with E-state index in [1.54, 1.807) is 24.3 Å². The van der Waals surface area contributed by atoms with Gasteiger partial charge < -0.3 is 4.74 Å². The fraction of sp³-hybridized carbons (Fsp3) is 0.100. The van der Waals surface area contributed by atoms with Crippen molar-refractivity contribution in [3.8, 4) is 0 Å². The molecule has 0 heterocycles. The zero-order valence-corrected chi connectivity index (χ0v) is 6.87. The SMILES string of the molecule is O=[C]OCC=Cc1ccc(F)cc1. The maximum Gasteiger partial charge on any atom is 0.417 e. The first-order chi connectivity index (χ1) is 6.33. The Bertz CT molecular complexity index is 290. The lowest BCUT2D eigenvalue weighted by Crippen LogP contribution is -1.85. The number of hydrogen-bond acceptors (Lipinski definition) is 2. The molecule has 67 valence electrons. The molecule has 1 aromatic carbocycles. The molecule has 2 nitrogen and oxygen atoms in total. The van der Waals surface area contributed by atoms with Crippen molar-refractivity contribution in [2.24, 2.45) is 0 Å². The molecule has 0 aliphatic heterocycles. The van der Waals surface area contributed by atoms with Crippen LogP contribution in [0.1, 0.15) is 5.56 Å². The van der Waals surface area contributed by atoms with Crippen LogP contribution in [0.2, 0.25) is 0 Å². The van der Waals surface area contributed by atoms with E-state index in [4.69, 9.17) is 0 Å². The average Bonchev–Trinajstić information content (AvgIpc) is 2.15. The highest BCUT2D eigenvalue weighted by Gasteiger charge is 1.87. The normalized spacial score (nSPS) is 10.2. The molecule has 13 heavy (non-hydrogen) atoms. The Balaban J connectivity index is 2.49. The van der Waals surface area contributed by atoms with Crippen molar-refractivity contribution in [3.63, 3.8) is 0 Å². The monoisotopic (exact) mass is 179 g/mol. The summed E-state index contributed by atoms with van der Waals surface area (Å²) in [6, 6.07) is 6.01. The van der Waals surface area contributed by atoms with Gasteiger partial charge in [-0.3, -0.25) is 0 Å². The summed E-state index contributed by atoms with van der Waals surface area (Å²) in [7, 11) is 0. The van der Waals surface area contributed by atoms with Crippen LogP contribution in [0, 0.1) is 5.82 Å². The second-order valence-corrected chi connectivity index (χ2v) is 2.35. The molecule has 0 saturated carbocycles. The minimum Gasteiger partial charge on any atom is -0.453 e. The van der Waals surface area contributed by atoms with E-state index in [1.807, 2.05) is 0 Å². The van der Waals surface area contributed by atoms with E-state index in [2.05, 4.69) is 4.74 Å². The van der Waals surface area contributed by atoms with Gasteiger partial charge in [-0.25, -0.2) is 9.18 Å². The standard InChI is InChI=1S/C10H8FO2/c11-10-5-3-9(4-6-10)2-1-7-13-8-12/h1-6H,7H2. The summed E-state index contributed by atoms with van der Waals surface area (Å²) in [5.41, 5.74) is 0.857. The Labute approximate surface area is 75.6 Å². The first-order valence-electron chi connectivity index (χ1n) is 3.74. The number of rotatable bonds is 4. The van der Waals surface area contributed by atoms with Gasteiger partial charge in [0.05, 0.1) is 0 Å². The maximum atomic E-state index is 12.4. The van der Waals surface area contributed by atoms with E-state index in [0.717, 1.165) is 5.56 Å². The fourth-order valence-electron chi connectivity index (χ4n) is 0.840. The molecule has 1 rings (SSSR count). The van der Waals surface area contributed by atoms with Crippen molar-refractivity contribution in [3.05, 3.63) is 41.7 Å². The smallest absolute Gasteiger partial charge is 0.417 e. The summed E-state index contributed by atoms with van der Waals surface area (Å²) < 4.78 is 16.7. The highest BCUT2D eigenvalue weighted by atomic mass is 19.1. The van der Waals surface area contributed by atoms with E-state index in [1.165, 1.54) is 18.6 Å². The summed E-state index contributed by atoms with van der Waals surface area (Å²) in [6.45, 7) is 1.48. The van der Waals surface area contributed by atoms with Crippen molar-refractivity contribution < 1.29 is 13.9 Å². The third kappa shape index (κ3) is 3.51. The fourth-order valence-corrected chi connectivity index (χ4v) is 0.840. The van der Waals surface area contributed by atoms with Crippen LogP contribution in [0.4, 0.5) is 4.39 Å². The van der Waals surface area contributed by atoms with Gasteiger partial charge in [0.2, 0.25) is 0 Å². The number of ether oxygens (including phenoxy) is 1. The van der Waals surface area contributed by atoms with Gasteiger partial charge in [-0.15, -0.1) is 0 Å². The summed E-state index contributed by atoms with van der Waals surface area (Å²) >= 11 is 0. The molecular formula is C10H8FO2. The third-order valence-corrected chi connectivity index (χ3v) is 1.42. The first kappa shape index (κ1) is 9.45.